The van der Waals surface area contributed by atoms with E-state index < -0.39 is 29.5 Å². The van der Waals surface area contributed by atoms with E-state index in [-0.39, 0.29) is 18.4 Å². The van der Waals surface area contributed by atoms with Gasteiger partial charge < -0.3 is 9.84 Å². The molecule has 17 heavy (non-hydrogen) atoms. The summed E-state index contributed by atoms with van der Waals surface area (Å²) in [5.41, 5.74) is -0.194. The lowest BCUT2D eigenvalue weighted by atomic mass is 10.0. The van der Waals surface area contributed by atoms with Gasteiger partial charge >= 0.3 is 5.97 Å². The van der Waals surface area contributed by atoms with Crippen LogP contribution in [0.25, 0.3) is 0 Å². The molecule has 0 aliphatic heterocycles. The van der Waals surface area contributed by atoms with E-state index in [1.54, 1.807) is 0 Å². The van der Waals surface area contributed by atoms with Gasteiger partial charge in [-0.25, -0.2) is 13.2 Å². The van der Waals surface area contributed by atoms with Crippen LogP contribution in [0.15, 0.2) is 12.1 Å². The van der Waals surface area contributed by atoms with E-state index in [2.05, 4.69) is 4.74 Å². The third-order valence-corrected chi connectivity index (χ3v) is 2.17. The molecule has 0 aromatic heterocycles. The lowest BCUT2D eigenvalue weighted by Gasteiger charge is -2.10. The second-order valence-corrected chi connectivity index (χ2v) is 3.50. The van der Waals surface area contributed by atoms with Crippen LogP contribution in [0.1, 0.15) is 12.0 Å². The smallest absolute Gasteiger partial charge is 0.308 e. The second kappa shape index (κ2) is 5.67. The van der Waals surface area contributed by atoms with Crippen LogP contribution in [0, 0.1) is 17.5 Å². The summed E-state index contributed by atoms with van der Waals surface area (Å²) in [6.45, 7) is 0. The highest BCUT2D eigenvalue weighted by atomic mass is 19.2. The van der Waals surface area contributed by atoms with Crippen molar-refractivity contribution in [3.63, 3.8) is 0 Å². The summed E-state index contributed by atoms with van der Waals surface area (Å²) in [4.78, 5) is 10.8. The molecule has 1 aromatic carbocycles. The zero-order valence-electron chi connectivity index (χ0n) is 9.04. The largest absolute Gasteiger partial charge is 0.469 e. The summed E-state index contributed by atoms with van der Waals surface area (Å²) in [5, 5.41) is 9.41. The summed E-state index contributed by atoms with van der Waals surface area (Å²) in [6, 6.07) is 1.06. The van der Waals surface area contributed by atoms with Crippen LogP contribution in [0.4, 0.5) is 13.2 Å². The third-order valence-electron chi connectivity index (χ3n) is 2.17. The molecule has 0 bridgehead atoms. The van der Waals surface area contributed by atoms with E-state index in [1.807, 2.05) is 0 Å². The molecule has 3 nitrogen and oxygen atoms in total. The Bertz CT molecular complexity index is 421. The predicted octanol–water partition coefficient (Wildman–Crippen LogP) is 1.57. The highest BCUT2D eigenvalue weighted by Gasteiger charge is 2.16. The molecule has 6 heteroatoms. The molecule has 1 unspecified atom stereocenters. The Morgan fingerprint density at radius 2 is 1.88 bits per heavy atom. The van der Waals surface area contributed by atoms with Crippen molar-refractivity contribution in [1.29, 1.82) is 0 Å². The van der Waals surface area contributed by atoms with Gasteiger partial charge in [0.05, 0.1) is 19.6 Å². The van der Waals surface area contributed by atoms with Crippen molar-refractivity contribution in [2.75, 3.05) is 7.11 Å². The Hall–Kier alpha value is -1.56. The molecule has 0 heterocycles. The van der Waals surface area contributed by atoms with Gasteiger partial charge in [-0.2, -0.15) is 0 Å². The van der Waals surface area contributed by atoms with E-state index in [0.29, 0.717) is 12.1 Å². The first-order valence-corrected chi connectivity index (χ1v) is 4.82. The Kier molecular flexibility index (Phi) is 4.51. The van der Waals surface area contributed by atoms with E-state index in [0.717, 1.165) is 7.11 Å². The SMILES string of the molecule is COC(=O)CC(O)Cc1cc(F)c(F)cc1F. The molecule has 0 fully saturated rings. The minimum Gasteiger partial charge on any atom is -0.469 e. The van der Waals surface area contributed by atoms with Crippen molar-refractivity contribution in [3.05, 3.63) is 35.1 Å². The minimum absolute atomic E-state index is 0.194. The minimum atomic E-state index is -1.30. The number of methoxy groups -OCH3 is 1. The van der Waals surface area contributed by atoms with Gasteiger partial charge in [0, 0.05) is 12.5 Å². The summed E-state index contributed by atoms with van der Waals surface area (Å²) in [6.07, 6.45) is -1.84. The van der Waals surface area contributed by atoms with Crippen molar-refractivity contribution in [2.45, 2.75) is 18.9 Å². The molecule has 0 saturated heterocycles. The molecule has 94 valence electrons. The number of ether oxygens (including phenoxy) is 1. The lowest BCUT2D eigenvalue weighted by Crippen LogP contribution is -2.18. The molecule has 0 spiro atoms. The van der Waals surface area contributed by atoms with Gasteiger partial charge in [0.25, 0.3) is 0 Å². The van der Waals surface area contributed by atoms with Crippen LogP contribution >= 0.6 is 0 Å². The first-order valence-electron chi connectivity index (χ1n) is 4.82. The number of hydrogen-bond donors (Lipinski definition) is 1. The average molecular weight is 248 g/mol. The molecule has 1 rings (SSSR count). The van der Waals surface area contributed by atoms with E-state index >= 15 is 0 Å². The van der Waals surface area contributed by atoms with Crippen molar-refractivity contribution in [2.24, 2.45) is 0 Å². The lowest BCUT2D eigenvalue weighted by molar-refractivity contribution is -0.142. The number of rotatable bonds is 4. The Morgan fingerprint density at radius 3 is 2.47 bits per heavy atom. The van der Waals surface area contributed by atoms with Crippen LogP contribution in [-0.2, 0) is 16.0 Å². The van der Waals surface area contributed by atoms with E-state index in [1.165, 1.54) is 0 Å². The van der Waals surface area contributed by atoms with Gasteiger partial charge in [-0.15, -0.1) is 0 Å². The fourth-order valence-electron chi connectivity index (χ4n) is 1.32. The van der Waals surface area contributed by atoms with Gasteiger partial charge in [0.2, 0.25) is 0 Å². The molecule has 0 amide bonds. The molecule has 0 saturated carbocycles. The van der Waals surface area contributed by atoms with E-state index in [4.69, 9.17) is 0 Å². The fraction of sp³-hybridized carbons (Fsp3) is 0.364. The average Bonchev–Trinajstić information content (AvgIpc) is 2.25. The van der Waals surface area contributed by atoms with Crippen LogP contribution < -0.4 is 0 Å². The molecule has 0 radical (unpaired) electrons. The van der Waals surface area contributed by atoms with Gasteiger partial charge in [0.15, 0.2) is 11.6 Å². The second-order valence-electron chi connectivity index (χ2n) is 3.50. The Morgan fingerprint density at radius 1 is 1.29 bits per heavy atom. The molecule has 1 N–H and O–H groups in total. The van der Waals surface area contributed by atoms with Crippen LogP contribution in [0.3, 0.4) is 0 Å². The molecule has 1 atom stereocenters. The highest BCUT2D eigenvalue weighted by molar-refractivity contribution is 5.69. The number of benzene rings is 1. The van der Waals surface area contributed by atoms with Gasteiger partial charge in [0.1, 0.15) is 5.82 Å². The normalized spacial score (nSPS) is 12.3. The molecule has 1 aromatic rings. The summed E-state index contributed by atoms with van der Waals surface area (Å²) < 4.78 is 42.9. The maximum Gasteiger partial charge on any atom is 0.308 e. The quantitative estimate of drug-likeness (QED) is 0.650. The third kappa shape index (κ3) is 3.74. The van der Waals surface area contributed by atoms with Gasteiger partial charge in [-0.3, -0.25) is 4.79 Å². The van der Waals surface area contributed by atoms with Crippen molar-refractivity contribution < 1.29 is 27.8 Å². The monoisotopic (exact) mass is 248 g/mol. The maximum absolute atomic E-state index is 13.2. The Labute approximate surface area is 95.8 Å². The molecule has 0 aliphatic carbocycles. The number of carbonyl (C=O) groups is 1. The summed E-state index contributed by atoms with van der Waals surface area (Å²) >= 11 is 0. The number of hydrogen-bond acceptors (Lipinski definition) is 3. The zero-order valence-corrected chi connectivity index (χ0v) is 9.04. The summed E-state index contributed by atoms with van der Waals surface area (Å²) in [7, 11) is 1.15. The molecule has 0 aliphatic rings. The molecular formula is C11H11F3O3. The number of carbonyl (C=O) groups excluding carboxylic acids is 1. The van der Waals surface area contributed by atoms with Crippen LogP contribution in [-0.4, -0.2) is 24.3 Å². The first kappa shape index (κ1) is 13.5. The topological polar surface area (TPSA) is 46.5 Å². The highest BCUT2D eigenvalue weighted by Crippen LogP contribution is 2.16. The Balaban J connectivity index is 2.74. The van der Waals surface area contributed by atoms with Gasteiger partial charge in [-0.05, 0) is 11.6 Å². The summed E-state index contributed by atoms with van der Waals surface area (Å²) in [5.74, 6) is -4.13. The van der Waals surface area contributed by atoms with Crippen molar-refractivity contribution in [1.82, 2.24) is 0 Å². The standard InChI is InChI=1S/C11H11F3O3/c1-17-11(16)4-7(15)2-6-3-9(13)10(14)5-8(6)12/h3,5,7,15H,2,4H2,1H3. The predicted molar refractivity (Wildman–Crippen MR) is 52.7 cm³/mol. The van der Waals surface area contributed by atoms with E-state index in [9.17, 15) is 23.1 Å². The van der Waals surface area contributed by atoms with Crippen molar-refractivity contribution in [3.8, 4) is 0 Å². The number of aliphatic hydroxyl groups excluding tert-OH is 1. The van der Waals surface area contributed by atoms with Crippen LogP contribution in [0.5, 0.6) is 0 Å². The number of esters is 1. The number of aliphatic hydroxyl groups is 1. The van der Waals surface area contributed by atoms with Gasteiger partial charge in [-0.1, -0.05) is 0 Å². The zero-order chi connectivity index (χ0) is 13.0. The fourth-order valence-corrected chi connectivity index (χ4v) is 1.32. The number of halogens is 3. The maximum atomic E-state index is 13.2. The van der Waals surface area contributed by atoms with Crippen molar-refractivity contribution >= 4 is 5.97 Å². The molecular weight excluding hydrogens is 237 g/mol. The van der Waals surface area contributed by atoms with Crippen LogP contribution in [0.2, 0.25) is 0 Å². The first-order chi connectivity index (χ1) is 7.93.